The van der Waals surface area contributed by atoms with Gasteiger partial charge in [-0.15, -0.1) is 0 Å². The molecule has 0 aliphatic heterocycles. The molecule has 0 aliphatic rings. The lowest BCUT2D eigenvalue weighted by atomic mass is 10.0. The molecule has 0 aromatic heterocycles. The third-order valence-electron chi connectivity index (χ3n) is 3.35. The Labute approximate surface area is 110 Å². The number of hydrogen-bond donors (Lipinski definition) is 1. The molecule has 1 heteroatoms. The summed E-state index contributed by atoms with van der Waals surface area (Å²) in [6.45, 7) is 7.38. The van der Waals surface area contributed by atoms with E-state index in [1.807, 2.05) is 0 Å². The average molecular weight is 239 g/mol. The fourth-order valence-corrected chi connectivity index (χ4v) is 2.28. The Morgan fingerprint density at radius 3 is 2.33 bits per heavy atom. The molecular weight excluding hydrogens is 218 g/mol. The van der Waals surface area contributed by atoms with Crippen LogP contribution in [0.2, 0.25) is 0 Å². The van der Waals surface area contributed by atoms with Gasteiger partial charge in [-0.05, 0) is 43.0 Å². The van der Waals surface area contributed by atoms with E-state index < -0.39 is 0 Å². The van der Waals surface area contributed by atoms with Gasteiger partial charge in [0.2, 0.25) is 0 Å². The monoisotopic (exact) mass is 239 g/mol. The molecule has 0 saturated heterocycles. The normalized spacial score (nSPS) is 10.4. The molecule has 0 fully saturated rings. The van der Waals surface area contributed by atoms with Gasteiger partial charge in [0, 0.05) is 12.2 Å². The van der Waals surface area contributed by atoms with Crippen molar-refractivity contribution in [1.82, 2.24) is 0 Å². The van der Waals surface area contributed by atoms with Crippen molar-refractivity contribution in [3.05, 3.63) is 64.7 Å². The van der Waals surface area contributed by atoms with Crippen LogP contribution in [0.5, 0.6) is 0 Å². The predicted molar refractivity (Wildman–Crippen MR) is 79.1 cm³/mol. The summed E-state index contributed by atoms with van der Waals surface area (Å²) in [5, 5.41) is 3.53. The summed E-state index contributed by atoms with van der Waals surface area (Å²) < 4.78 is 0. The van der Waals surface area contributed by atoms with Crippen LogP contribution < -0.4 is 5.32 Å². The van der Waals surface area contributed by atoms with Crippen LogP contribution in [0, 0.1) is 13.8 Å². The van der Waals surface area contributed by atoms with Crippen molar-refractivity contribution in [1.29, 1.82) is 0 Å². The molecule has 0 radical (unpaired) electrons. The Balaban J connectivity index is 2.11. The molecule has 0 spiro atoms. The summed E-state index contributed by atoms with van der Waals surface area (Å²) in [5.41, 5.74) is 6.66. The summed E-state index contributed by atoms with van der Waals surface area (Å²) in [6.07, 6.45) is 1.09. The first-order valence-electron chi connectivity index (χ1n) is 6.58. The van der Waals surface area contributed by atoms with Crippen LogP contribution >= 0.6 is 0 Å². The number of hydrogen-bond acceptors (Lipinski definition) is 1. The molecule has 0 bridgehead atoms. The van der Waals surface area contributed by atoms with E-state index in [9.17, 15) is 0 Å². The lowest BCUT2D eigenvalue weighted by molar-refractivity contribution is 1.04. The smallest absolute Gasteiger partial charge is 0.0403 e. The highest BCUT2D eigenvalue weighted by Crippen LogP contribution is 2.18. The van der Waals surface area contributed by atoms with Crippen LogP contribution in [0.3, 0.4) is 0 Å². The first kappa shape index (κ1) is 12.7. The van der Waals surface area contributed by atoms with E-state index in [1.54, 1.807) is 0 Å². The molecule has 0 saturated carbocycles. The molecule has 0 aliphatic carbocycles. The van der Waals surface area contributed by atoms with E-state index in [4.69, 9.17) is 0 Å². The molecule has 0 heterocycles. The highest BCUT2D eigenvalue weighted by Gasteiger charge is 2.01. The molecule has 2 rings (SSSR count). The molecule has 94 valence electrons. The van der Waals surface area contributed by atoms with Gasteiger partial charge in [-0.2, -0.15) is 0 Å². The van der Waals surface area contributed by atoms with E-state index in [2.05, 4.69) is 68.6 Å². The third-order valence-corrected chi connectivity index (χ3v) is 3.35. The Morgan fingerprint density at radius 1 is 0.944 bits per heavy atom. The molecule has 0 atom stereocenters. The Morgan fingerprint density at radius 2 is 1.67 bits per heavy atom. The standard InChI is InChI=1S/C17H21N/c1-4-15-7-5-6-8-16(15)12-18-17-10-9-13(2)11-14(17)3/h5-11,18H,4,12H2,1-3H3. The van der Waals surface area contributed by atoms with Crippen LogP contribution in [-0.2, 0) is 13.0 Å². The van der Waals surface area contributed by atoms with E-state index in [0.717, 1.165) is 13.0 Å². The van der Waals surface area contributed by atoms with Gasteiger partial charge in [0.15, 0.2) is 0 Å². The first-order chi connectivity index (χ1) is 8.70. The first-order valence-corrected chi connectivity index (χ1v) is 6.58. The maximum Gasteiger partial charge on any atom is 0.0403 e. The van der Waals surface area contributed by atoms with Crippen LogP contribution in [0.25, 0.3) is 0 Å². The van der Waals surface area contributed by atoms with Crippen molar-refractivity contribution in [2.45, 2.75) is 33.7 Å². The topological polar surface area (TPSA) is 12.0 Å². The largest absolute Gasteiger partial charge is 0.381 e. The lowest BCUT2D eigenvalue weighted by Crippen LogP contribution is -2.03. The van der Waals surface area contributed by atoms with Gasteiger partial charge < -0.3 is 5.32 Å². The second-order valence-electron chi connectivity index (χ2n) is 4.79. The van der Waals surface area contributed by atoms with Crippen molar-refractivity contribution >= 4 is 5.69 Å². The van der Waals surface area contributed by atoms with E-state index >= 15 is 0 Å². The minimum absolute atomic E-state index is 0.897. The summed E-state index contributed by atoms with van der Waals surface area (Å²) in [6, 6.07) is 15.2. The van der Waals surface area contributed by atoms with Crippen LogP contribution in [0.1, 0.15) is 29.2 Å². The Bertz CT molecular complexity index is 529. The second kappa shape index (κ2) is 5.72. The van der Waals surface area contributed by atoms with Gasteiger partial charge in [0.1, 0.15) is 0 Å². The maximum absolute atomic E-state index is 3.53. The molecule has 2 aromatic carbocycles. The van der Waals surface area contributed by atoms with Crippen LogP contribution in [-0.4, -0.2) is 0 Å². The average Bonchev–Trinajstić information content (AvgIpc) is 2.38. The van der Waals surface area contributed by atoms with Crippen molar-refractivity contribution < 1.29 is 0 Å². The van der Waals surface area contributed by atoms with Gasteiger partial charge in [0.25, 0.3) is 0 Å². The fraction of sp³-hybridized carbons (Fsp3) is 0.294. The fourth-order valence-electron chi connectivity index (χ4n) is 2.28. The molecule has 0 unspecified atom stereocenters. The summed E-state index contributed by atoms with van der Waals surface area (Å²) in [7, 11) is 0. The van der Waals surface area contributed by atoms with Crippen LogP contribution in [0.4, 0.5) is 5.69 Å². The summed E-state index contributed by atoms with van der Waals surface area (Å²) in [4.78, 5) is 0. The Kier molecular flexibility index (Phi) is 4.03. The van der Waals surface area contributed by atoms with Gasteiger partial charge in [-0.1, -0.05) is 48.9 Å². The van der Waals surface area contributed by atoms with Crippen molar-refractivity contribution in [2.24, 2.45) is 0 Å². The third kappa shape index (κ3) is 2.92. The molecule has 2 aromatic rings. The highest BCUT2D eigenvalue weighted by molar-refractivity contribution is 5.52. The zero-order valence-corrected chi connectivity index (χ0v) is 11.5. The van der Waals surface area contributed by atoms with Gasteiger partial charge in [-0.25, -0.2) is 0 Å². The highest BCUT2D eigenvalue weighted by atomic mass is 14.9. The SMILES string of the molecule is CCc1ccccc1CNc1ccc(C)cc1C. The van der Waals surface area contributed by atoms with E-state index in [-0.39, 0.29) is 0 Å². The zero-order valence-electron chi connectivity index (χ0n) is 11.5. The molecule has 1 N–H and O–H groups in total. The van der Waals surface area contributed by atoms with Gasteiger partial charge >= 0.3 is 0 Å². The molecular formula is C17H21N. The zero-order chi connectivity index (χ0) is 13.0. The maximum atomic E-state index is 3.53. The van der Waals surface area contributed by atoms with E-state index in [1.165, 1.54) is 27.9 Å². The van der Waals surface area contributed by atoms with Crippen molar-refractivity contribution in [2.75, 3.05) is 5.32 Å². The minimum atomic E-state index is 0.897. The van der Waals surface area contributed by atoms with Gasteiger partial charge in [-0.3, -0.25) is 0 Å². The number of anilines is 1. The number of rotatable bonds is 4. The summed E-state index contributed by atoms with van der Waals surface area (Å²) in [5.74, 6) is 0. The number of benzene rings is 2. The van der Waals surface area contributed by atoms with Crippen molar-refractivity contribution in [3.8, 4) is 0 Å². The Hall–Kier alpha value is -1.76. The predicted octanol–water partition coefficient (Wildman–Crippen LogP) is 4.48. The second-order valence-corrected chi connectivity index (χ2v) is 4.79. The number of nitrogens with one attached hydrogen (secondary N) is 1. The number of aryl methyl sites for hydroxylation is 3. The van der Waals surface area contributed by atoms with Gasteiger partial charge in [0.05, 0.1) is 0 Å². The lowest BCUT2D eigenvalue weighted by Gasteiger charge is -2.12. The summed E-state index contributed by atoms with van der Waals surface area (Å²) >= 11 is 0. The minimum Gasteiger partial charge on any atom is -0.381 e. The van der Waals surface area contributed by atoms with Crippen LogP contribution in [0.15, 0.2) is 42.5 Å². The van der Waals surface area contributed by atoms with E-state index in [0.29, 0.717) is 0 Å². The molecule has 1 nitrogen and oxygen atoms in total. The molecule has 0 amide bonds. The van der Waals surface area contributed by atoms with Crippen molar-refractivity contribution in [3.63, 3.8) is 0 Å². The molecule has 18 heavy (non-hydrogen) atoms. The quantitative estimate of drug-likeness (QED) is 0.829.